The topological polar surface area (TPSA) is 46.6 Å². The Kier molecular flexibility index (Phi) is 5.05. The van der Waals surface area contributed by atoms with E-state index in [0.29, 0.717) is 29.1 Å². The van der Waals surface area contributed by atoms with Crippen molar-refractivity contribution >= 4 is 41.9 Å². The molecule has 0 radical (unpaired) electrons. The number of hydrogen-bond acceptors (Lipinski definition) is 3. The number of sulfonamides is 1. The van der Waals surface area contributed by atoms with Gasteiger partial charge in [-0.15, -0.1) is 0 Å². The summed E-state index contributed by atoms with van der Waals surface area (Å²) in [7, 11) is -3.47. The molecule has 0 aromatic heterocycles. The Bertz CT molecular complexity index is 562. The molecule has 106 valence electrons. The molecule has 1 aliphatic rings. The first-order valence-corrected chi connectivity index (χ1v) is 9.04. The maximum Gasteiger partial charge on any atom is 0.244 e. The molecule has 7 heteroatoms. The second-order valence-electron chi connectivity index (χ2n) is 4.34. The van der Waals surface area contributed by atoms with E-state index >= 15 is 0 Å². The zero-order valence-electron chi connectivity index (χ0n) is 10.5. The predicted molar refractivity (Wildman–Crippen MR) is 80.6 cm³/mol. The Labute approximate surface area is 130 Å². The lowest BCUT2D eigenvalue weighted by Crippen LogP contribution is -2.45. The van der Waals surface area contributed by atoms with E-state index in [0.717, 1.165) is 10.9 Å². The van der Waals surface area contributed by atoms with E-state index in [1.54, 1.807) is 18.2 Å². The number of rotatable bonds is 3. The summed E-state index contributed by atoms with van der Waals surface area (Å²) >= 11 is 6.64. The van der Waals surface area contributed by atoms with E-state index in [1.807, 2.05) is 6.92 Å². The first kappa shape index (κ1) is 15.4. The maximum atomic E-state index is 12.6. The molecule has 1 aliphatic heterocycles. The second-order valence-corrected chi connectivity index (χ2v) is 8.02. The van der Waals surface area contributed by atoms with Gasteiger partial charge in [0.15, 0.2) is 0 Å². The van der Waals surface area contributed by atoms with Gasteiger partial charge in [-0.05, 0) is 40.5 Å². The molecular weight excluding hydrogens is 398 g/mol. The van der Waals surface area contributed by atoms with Crippen LogP contribution in [0.4, 0.5) is 0 Å². The summed E-state index contributed by atoms with van der Waals surface area (Å²) in [5, 5.41) is 0. The Morgan fingerprint density at radius 2 is 2.16 bits per heavy atom. The summed E-state index contributed by atoms with van der Waals surface area (Å²) in [6.07, 6.45) is 0.797. The average Bonchev–Trinajstić information content (AvgIpc) is 2.38. The minimum Gasteiger partial charge on any atom is -0.375 e. The minimum absolute atomic E-state index is 0.0160. The molecule has 0 saturated carbocycles. The summed E-state index contributed by atoms with van der Waals surface area (Å²) in [4.78, 5) is 0.299. The summed E-state index contributed by atoms with van der Waals surface area (Å²) < 4.78 is 33.6. The van der Waals surface area contributed by atoms with Gasteiger partial charge in [-0.3, -0.25) is 0 Å². The Hall–Kier alpha value is 0.0500. The van der Waals surface area contributed by atoms with Crippen LogP contribution in [0.2, 0.25) is 0 Å². The van der Waals surface area contributed by atoms with Crippen molar-refractivity contribution in [1.82, 2.24) is 4.31 Å². The fourth-order valence-corrected chi connectivity index (χ4v) is 5.14. The van der Waals surface area contributed by atoms with E-state index in [1.165, 1.54) is 4.31 Å². The Morgan fingerprint density at radius 3 is 2.79 bits per heavy atom. The molecule has 19 heavy (non-hydrogen) atoms. The Balaban J connectivity index is 2.31. The Morgan fingerprint density at radius 1 is 1.42 bits per heavy atom. The van der Waals surface area contributed by atoms with Gasteiger partial charge >= 0.3 is 0 Å². The lowest BCUT2D eigenvalue weighted by molar-refractivity contribution is -0.00279. The largest absolute Gasteiger partial charge is 0.375 e. The quantitative estimate of drug-likeness (QED) is 0.766. The second kappa shape index (κ2) is 6.22. The van der Waals surface area contributed by atoms with Gasteiger partial charge in [0.25, 0.3) is 0 Å². The van der Waals surface area contributed by atoms with Crippen LogP contribution in [-0.4, -0.2) is 38.5 Å². The van der Waals surface area contributed by atoms with Crippen molar-refractivity contribution in [3.05, 3.63) is 27.1 Å². The molecule has 1 fully saturated rings. The van der Waals surface area contributed by atoms with Gasteiger partial charge < -0.3 is 4.74 Å². The maximum absolute atomic E-state index is 12.6. The third-order valence-electron chi connectivity index (χ3n) is 3.07. The summed E-state index contributed by atoms with van der Waals surface area (Å²) in [5.74, 6) is 0. The van der Waals surface area contributed by atoms with Gasteiger partial charge in [0, 0.05) is 22.0 Å². The van der Waals surface area contributed by atoms with Crippen LogP contribution >= 0.6 is 31.9 Å². The summed E-state index contributed by atoms with van der Waals surface area (Å²) in [6, 6.07) is 5.08. The minimum atomic E-state index is -3.47. The van der Waals surface area contributed by atoms with Crippen LogP contribution in [-0.2, 0) is 14.8 Å². The number of ether oxygens (including phenoxy) is 1. The third-order valence-corrected chi connectivity index (χ3v) is 6.40. The van der Waals surface area contributed by atoms with Crippen LogP contribution in [0.1, 0.15) is 13.3 Å². The highest BCUT2D eigenvalue weighted by Gasteiger charge is 2.31. The van der Waals surface area contributed by atoms with Crippen LogP contribution in [0, 0.1) is 0 Å². The van der Waals surface area contributed by atoms with Crippen molar-refractivity contribution < 1.29 is 13.2 Å². The van der Waals surface area contributed by atoms with Crippen LogP contribution in [0.5, 0.6) is 0 Å². The van der Waals surface area contributed by atoms with Gasteiger partial charge in [0.1, 0.15) is 0 Å². The van der Waals surface area contributed by atoms with Gasteiger partial charge in [-0.1, -0.05) is 22.9 Å². The smallest absolute Gasteiger partial charge is 0.244 e. The lowest BCUT2D eigenvalue weighted by atomic mass is 10.2. The molecule has 1 heterocycles. The lowest BCUT2D eigenvalue weighted by Gasteiger charge is -2.31. The molecule has 1 atom stereocenters. The SMILES string of the molecule is CCC1CN(S(=O)(=O)c2ccc(Br)cc2Br)CCO1. The van der Waals surface area contributed by atoms with Crippen molar-refractivity contribution in [2.75, 3.05) is 19.7 Å². The number of halogens is 2. The van der Waals surface area contributed by atoms with E-state index in [4.69, 9.17) is 4.74 Å². The number of morpholine rings is 1. The molecule has 0 amide bonds. The van der Waals surface area contributed by atoms with Gasteiger partial charge in [-0.2, -0.15) is 4.31 Å². The molecule has 0 bridgehead atoms. The molecule has 0 aliphatic carbocycles. The fraction of sp³-hybridized carbons (Fsp3) is 0.500. The molecule has 1 aromatic rings. The van der Waals surface area contributed by atoms with E-state index < -0.39 is 10.0 Å². The standard InChI is InChI=1S/C12H15Br2NO3S/c1-2-10-8-15(5-6-18-10)19(16,17)12-4-3-9(13)7-11(12)14/h3-4,7,10H,2,5-6,8H2,1H3. The van der Waals surface area contributed by atoms with E-state index in [9.17, 15) is 8.42 Å². The van der Waals surface area contributed by atoms with E-state index in [2.05, 4.69) is 31.9 Å². The molecule has 0 spiro atoms. The summed E-state index contributed by atoms with van der Waals surface area (Å²) in [5.41, 5.74) is 0. The highest BCUT2D eigenvalue weighted by atomic mass is 79.9. The summed E-state index contributed by atoms with van der Waals surface area (Å²) in [6.45, 7) is 3.27. The fourth-order valence-electron chi connectivity index (χ4n) is 1.98. The van der Waals surface area contributed by atoms with E-state index in [-0.39, 0.29) is 6.10 Å². The van der Waals surface area contributed by atoms with Crippen molar-refractivity contribution in [1.29, 1.82) is 0 Å². The molecule has 1 unspecified atom stereocenters. The first-order valence-electron chi connectivity index (χ1n) is 6.02. The highest BCUT2D eigenvalue weighted by molar-refractivity contribution is 9.11. The highest BCUT2D eigenvalue weighted by Crippen LogP contribution is 2.29. The van der Waals surface area contributed by atoms with Gasteiger partial charge in [0.2, 0.25) is 10.0 Å². The zero-order valence-corrected chi connectivity index (χ0v) is 14.5. The molecular formula is C12H15Br2NO3S. The first-order chi connectivity index (χ1) is 8.95. The molecule has 1 aromatic carbocycles. The normalized spacial score (nSPS) is 21.5. The zero-order chi connectivity index (χ0) is 14.0. The predicted octanol–water partition coefficient (Wildman–Crippen LogP) is 3.01. The van der Waals surface area contributed by atoms with Crippen molar-refractivity contribution in [3.63, 3.8) is 0 Å². The molecule has 0 N–H and O–H groups in total. The van der Waals surface area contributed by atoms with Crippen molar-refractivity contribution in [3.8, 4) is 0 Å². The van der Waals surface area contributed by atoms with Crippen molar-refractivity contribution in [2.24, 2.45) is 0 Å². The monoisotopic (exact) mass is 411 g/mol. The number of nitrogens with zero attached hydrogens (tertiary/aromatic N) is 1. The van der Waals surface area contributed by atoms with Crippen LogP contribution < -0.4 is 0 Å². The van der Waals surface area contributed by atoms with Gasteiger partial charge in [-0.25, -0.2) is 8.42 Å². The number of hydrogen-bond donors (Lipinski definition) is 0. The van der Waals surface area contributed by atoms with Crippen LogP contribution in [0.25, 0.3) is 0 Å². The molecule has 4 nitrogen and oxygen atoms in total. The number of benzene rings is 1. The average molecular weight is 413 g/mol. The molecule has 2 rings (SSSR count). The van der Waals surface area contributed by atoms with Crippen LogP contribution in [0.15, 0.2) is 32.0 Å². The third kappa shape index (κ3) is 3.39. The van der Waals surface area contributed by atoms with Gasteiger partial charge in [0.05, 0.1) is 17.6 Å². The molecule has 1 saturated heterocycles. The van der Waals surface area contributed by atoms with Crippen LogP contribution in [0.3, 0.4) is 0 Å². The van der Waals surface area contributed by atoms with Crippen molar-refractivity contribution in [2.45, 2.75) is 24.3 Å².